The van der Waals surface area contributed by atoms with Gasteiger partial charge in [0, 0.05) is 17.9 Å². The molecule has 0 aliphatic carbocycles. The predicted octanol–water partition coefficient (Wildman–Crippen LogP) is 2.35. The highest BCUT2D eigenvalue weighted by Crippen LogP contribution is 2.05. The molecule has 0 saturated heterocycles. The van der Waals surface area contributed by atoms with Crippen LogP contribution in [0.1, 0.15) is 11.4 Å². The molecule has 0 aromatic carbocycles. The molecular weight excluding hydrogens is 156 g/mol. The average molecular weight is 168 g/mol. The molecule has 1 aromatic rings. The van der Waals surface area contributed by atoms with Gasteiger partial charge in [-0.2, -0.15) is 0 Å². The SMILES string of the molecule is C=CCn1c(C)c(C)[nH]c1=S. The lowest BCUT2D eigenvalue weighted by Crippen LogP contribution is -1.97. The van der Waals surface area contributed by atoms with E-state index in [2.05, 4.69) is 11.6 Å². The van der Waals surface area contributed by atoms with E-state index >= 15 is 0 Å². The van der Waals surface area contributed by atoms with Gasteiger partial charge in [0.05, 0.1) is 0 Å². The molecule has 0 bridgehead atoms. The molecule has 11 heavy (non-hydrogen) atoms. The highest BCUT2D eigenvalue weighted by Gasteiger charge is 2.00. The molecule has 1 aromatic heterocycles. The first kappa shape index (κ1) is 8.27. The van der Waals surface area contributed by atoms with Gasteiger partial charge in [-0.1, -0.05) is 6.08 Å². The maximum absolute atomic E-state index is 5.09. The van der Waals surface area contributed by atoms with Crippen molar-refractivity contribution in [2.45, 2.75) is 20.4 Å². The second-order valence-corrected chi connectivity index (χ2v) is 2.93. The van der Waals surface area contributed by atoms with Crippen molar-refractivity contribution in [1.29, 1.82) is 0 Å². The highest BCUT2D eigenvalue weighted by atomic mass is 32.1. The van der Waals surface area contributed by atoms with E-state index < -0.39 is 0 Å². The van der Waals surface area contributed by atoms with Gasteiger partial charge in [0.2, 0.25) is 0 Å². The van der Waals surface area contributed by atoms with Gasteiger partial charge < -0.3 is 9.55 Å². The second kappa shape index (κ2) is 3.05. The van der Waals surface area contributed by atoms with Crippen LogP contribution in [-0.4, -0.2) is 9.55 Å². The molecule has 3 heteroatoms. The molecule has 0 aliphatic heterocycles. The standard InChI is InChI=1S/C8H12N2S/c1-4-5-10-7(3)6(2)9-8(10)11/h4H,1,5H2,2-3H3,(H,9,11). The van der Waals surface area contributed by atoms with Crippen molar-refractivity contribution in [3.8, 4) is 0 Å². The molecule has 0 spiro atoms. The summed E-state index contributed by atoms with van der Waals surface area (Å²) in [5.41, 5.74) is 2.33. The van der Waals surface area contributed by atoms with Crippen LogP contribution in [-0.2, 0) is 6.54 Å². The van der Waals surface area contributed by atoms with Crippen LogP contribution in [0.4, 0.5) is 0 Å². The number of aromatic nitrogens is 2. The number of nitrogens with one attached hydrogen (secondary N) is 1. The van der Waals surface area contributed by atoms with Crippen LogP contribution in [0.3, 0.4) is 0 Å². The zero-order valence-electron chi connectivity index (χ0n) is 6.85. The van der Waals surface area contributed by atoms with Gasteiger partial charge >= 0.3 is 0 Å². The van der Waals surface area contributed by atoms with Gasteiger partial charge in [0.25, 0.3) is 0 Å². The van der Waals surface area contributed by atoms with Gasteiger partial charge in [-0.15, -0.1) is 6.58 Å². The summed E-state index contributed by atoms with van der Waals surface area (Å²) in [7, 11) is 0. The molecule has 1 rings (SSSR count). The quantitative estimate of drug-likeness (QED) is 0.531. The molecule has 0 amide bonds. The first-order chi connectivity index (χ1) is 5.16. The van der Waals surface area contributed by atoms with Crippen LogP contribution in [0.25, 0.3) is 0 Å². The van der Waals surface area contributed by atoms with Crippen LogP contribution in [0.15, 0.2) is 12.7 Å². The third-order valence-corrected chi connectivity index (χ3v) is 2.12. The molecule has 1 heterocycles. The molecule has 60 valence electrons. The highest BCUT2D eigenvalue weighted by molar-refractivity contribution is 7.71. The first-order valence-corrected chi connectivity index (χ1v) is 3.94. The summed E-state index contributed by atoms with van der Waals surface area (Å²) in [5.74, 6) is 0. The van der Waals surface area contributed by atoms with Gasteiger partial charge in [-0.3, -0.25) is 0 Å². The summed E-state index contributed by atoms with van der Waals surface area (Å²) in [6.07, 6.45) is 1.84. The Bertz CT molecular complexity index is 319. The van der Waals surface area contributed by atoms with E-state index in [0.29, 0.717) is 0 Å². The van der Waals surface area contributed by atoms with Crippen LogP contribution < -0.4 is 0 Å². The molecule has 0 atom stereocenters. The van der Waals surface area contributed by atoms with E-state index in [1.54, 1.807) is 0 Å². The Labute approximate surface area is 71.6 Å². The van der Waals surface area contributed by atoms with Gasteiger partial charge in [-0.05, 0) is 26.1 Å². The third-order valence-electron chi connectivity index (χ3n) is 1.80. The Hall–Kier alpha value is -0.830. The third kappa shape index (κ3) is 1.43. The summed E-state index contributed by atoms with van der Waals surface area (Å²) in [4.78, 5) is 3.09. The lowest BCUT2D eigenvalue weighted by Gasteiger charge is -1.99. The number of allylic oxidation sites excluding steroid dienone is 1. The minimum Gasteiger partial charge on any atom is -0.335 e. The number of nitrogens with zero attached hydrogens (tertiary/aromatic N) is 1. The van der Waals surface area contributed by atoms with Crippen molar-refractivity contribution in [2.24, 2.45) is 0 Å². The molecular formula is C8H12N2S. The van der Waals surface area contributed by atoms with E-state index in [1.165, 1.54) is 5.69 Å². The predicted molar refractivity (Wildman–Crippen MR) is 49.3 cm³/mol. The molecule has 0 unspecified atom stereocenters. The monoisotopic (exact) mass is 168 g/mol. The summed E-state index contributed by atoms with van der Waals surface area (Å²) in [6.45, 7) is 8.52. The molecule has 0 saturated carbocycles. The number of hydrogen-bond acceptors (Lipinski definition) is 1. The van der Waals surface area contributed by atoms with Crippen molar-refractivity contribution >= 4 is 12.2 Å². The second-order valence-electron chi connectivity index (χ2n) is 2.54. The lowest BCUT2D eigenvalue weighted by atomic mass is 10.4. The Morgan fingerprint density at radius 1 is 1.64 bits per heavy atom. The fraction of sp³-hybridized carbons (Fsp3) is 0.375. The van der Waals surface area contributed by atoms with Crippen LogP contribution >= 0.6 is 12.2 Å². The smallest absolute Gasteiger partial charge is 0.177 e. The minimum atomic E-state index is 0.778. The largest absolute Gasteiger partial charge is 0.335 e. The fourth-order valence-corrected chi connectivity index (χ4v) is 1.39. The van der Waals surface area contributed by atoms with Crippen molar-refractivity contribution in [2.75, 3.05) is 0 Å². The van der Waals surface area contributed by atoms with Gasteiger partial charge in [-0.25, -0.2) is 0 Å². The maximum atomic E-state index is 5.09. The normalized spacial score (nSPS) is 10.0. The Kier molecular flexibility index (Phi) is 2.29. The van der Waals surface area contributed by atoms with Crippen molar-refractivity contribution < 1.29 is 0 Å². The summed E-state index contributed by atoms with van der Waals surface area (Å²) in [6, 6.07) is 0. The maximum Gasteiger partial charge on any atom is 0.177 e. The molecule has 0 fully saturated rings. The Morgan fingerprint density at radius 2 is 2.27 bits per heavy atom. The number of imidazole rings is 1. The van der Waals surface area contributed by atoms with Crippen LogP contribution in [0, 0.1) is 18.6 Å². The summed E-state index contributed by atoms with van der Waals surface area (Å²) < 4.78 is 2.80. The van der Waals surface area contributed by atoms with Crippen molar-refractivity contribution in [3.05, 3.63) is 28.8 Å². The molecule has 0 aliphatic rings. The molecule has 0 radical (unpaired) electrons. The Morgan fingerprint density at radius 3 is 2.64 bits per heavy atom. The Balaban J connectivity index is 3.22. The number of hydrogen-bond donors (Lipinski definition) is 1. The average Bonchev–Trinajstić information content (AvgIpc) is 2.17. The zero-order valence-corrected chi connectivity index (χ0v) is 7.66. The first-order valence-electron chi connectivity index (χ1n) is 3.53. The number of H-pyrrole nitrogens is 1. The van der Waals surface area contributed by atoms with Gasteiger partial charge in [0.15, 0.2) is 4.77 Å². The molecule has 1 N–H and O–H groups in total. The lowest BCUT2D eigenvalue weighted by molar-refractivity contribution is 0.777. The summed E-state index contributed by atoms with van der Waals surface area (Å²) >= 11 is 5.09. The minimum absolute atomic E-state index is 0.778. The topological polar surface area (TPSA) is 20.7 Å². The fourth-order valence-electron chi connectivity index (χ4n) is 1.02. The summed E-state index contributed by atoms with van der Waals surface area (Å²) in [5, 5.41) is 0. The number of aromatic amines is 1. The number of aryl methyl sites for hydroxylation is 1. The van der Waals surface area contributed by atoms with E-state index in [0.717, 1.165) is 17.0 Å². The van der Waals surface area contributed by atoms with Crippen molar-refractivity contribution in [3.63, 3.8) is 0 Å². The number of rotatable bonds is 2. The van der Waals surface area contributed by atoms with E-state index in [9.17, 15) is 0 Å². The van der Waals surface area contributed by atoms with E-state index in [1.807, 2.05) is 24.5 Å². The van der Waals surface area contributed by atoms with Crippen molar-refractivity contribution in [1.82, 2.24) is 9.55 Å². The van der Waals surface area contributed by atoms with Gasteiger partial charge in [0.1, 0.15) is 0 Å². The van der Waals surface area contributed by atoms with E-state index in [4.69, 9.17) is 12.2 Å². The van der Waals surface area contributed by atoms with Crippen LogP contribution in [0.2, 0.25) is 0 Å². The zero-order chi connectivity index (χ0) is 8.43. The molecule has 2 nitrogen and oxygen atoms in total. The van der Waals surface area contributed by atoms with Crippen LogP contribution in [0.5, 0.6) is 0 Å². The van der Waals surface area contributed by atoms with E-state index in [-0.39, 0.29) is 0 Å².